The summed E-state index contributed by atoms with van der Waals surface area (Å²) in [7, 11) is 1.56. The highest BCUT2D eigenvalue weighted by Gasteiger charge is 2.09. The average molecular weight is 222 g/mol. The van der Waals surface area contributed by atoms with Gasteiger partial charge in [-0.05, 0) is 6.92 Å². The molecule has 0 fully saturated rings. The zero-order valence-electron chi connectivity index (χ0n) is 8.39. The maximum Gasteiger partial charge on any atom is 0.216 e. The molecule has 0 spiro atoms. The summed E-state index contributed by atoms with van der Waals surface area (Å²) in [6.07, 6.45) is 1.45. The molecule has 15 heavy (non-hydrogen) atoms. The lowest BCUT2D eigenvalue weighted by Gasteiger charge is -1.98. The van der Waals surface area contributed by atoms with Gasteiger partial charge in [0.05, 0.1) is 7.11 Å². The van der Waals surface area contributed by atoms with Gasteiger partial charge in [0, 0.05) is 10.9 Å². The molecule has 0 bridgehead atoms. The smallest absolute Gasteiger partial charge is 0.216 e. The Kier molecular flexibility index (Phi) is 2.51. The molecular formula is C9H10N4OS. The van der Waals surface area contributed by atoms with Gasteiger partial charge in [0.25, 0.3) is 0 Å². The first-order chi connectivity index (χ1) is 7.20. The van der Waals surface area contributed by atoms with Crippen molar-refractivity contribution in [3.05, 3.63) is 17.3 Å². The largest absolute Gasteiger partial charge is 0.481 e. The number of nitrogens with zero attached hydrogens (tertiary/aromatic N) is 3. The predicted molar refractivity (Wildman–Crippen MR) is 58.8 cm³/mol. The summed E-state index contributed by atoms with van der Waals surface area (Å²) < 4.78 is 5.01. The maximum atomic E-state index is 5.67. The van der Waals surface area contributed by atoms with Gasteiger partial charge in [0.1, 0.15) is 22.8 Å². The Balaban J connectivity index is 2.44. The predicted octanol–water partition coefficient (Wildman–Crippen LogP) is 1.50. The summed E-state index contributed by atoms with van der Waals surface area (Å²) in [6.45, 7) is 1.93. The van der Waals surface area contributed by atoms with Gasteiger partial charge in [-0.3, -0.25) is 0 Å². The van der Waals surface area contributed by atoms with Crippen LogP contribution in [-0.4, -0.2) is 22.1 Å². The van der Waals surface area contributed by atoms with E-state index in [0.717, 1.165) is 15.6 Å². The van der Waals surface area contributed by atoms with Gasteiger partial charge in [0.2, 0.25) is 5.88 Å². The first-order valence-electron chi connectivity index (χ1n) is 4.30. The first kappa shape index (κ1) is 9.85. The van der Waals surface area contributed by atoms with E-state index in [1.807, 2.05) is 6.92 Å². The van der Waals surface area contributed by atoms with Crippen molar-refractivity contribution in [2.24, 2.45) is 0 Å². The van der Waals surface area contributed by atoms with E-state index < -0.39 is 0 Å². The number of hydrogen-bond acceptors (Lipinski definition) is 6. The van der Waals surface area contributed by atoms with Crippen LogP contribution >= 0.6 is 11.3 Å². The molecule has 0 saturated carbocycles. The standard InChI is InChI=1S/C9H10N4OS/c1-5-8(10)13-9(15-5)6-3-7(14-2)12-4-11-6/h3-4H,10H2,1-2H3. The van der Waals surface area contributed by atoms with Crippen LogP contribution in [0.3, 0.4) is 0 Å². The molecule has 0 amide bonds. The molecule has 78 valence electrons. The normalized spacial score (nSPS) is 10.3. The zero-order valence-corrected chi connectivity index (χ0v) is 9.21. The Hall–Kier alpha value is -1.69. The number of ether oxygens (including phenoxy) is 1. The van der Waals surface area contributed by atoms with Crippen molar-refractivity contribution in [1.29, 1.82) is 0 Å². The molecule has 0 aliphatic carbocycles. The van der Waals surface area contributed by atoms with Gasteiger partial charge in [-0.25, -0.2) is 15.0 Å². The fourth-order valence-corrected chi connectivity index (χ4v) is 1.89. The fourth-order valence-electron chi connectivity index (χ4n) is 1.09. The Morgan fingerprint density at radius 3 is 2.80 bits per heavy atom. The Morgan fingerprint density at radius 2 is 2.20 bits per heavy atom. The van der Waals surface area contributed by atoms with Crippen LogP contribution in [0.2, 0.25) is 0 Å². The highest BCUT2D eigenvalue weighted by molar-refractivity contribution is 7.15. The van der Waals surface area contributed by atoms with Gasteiger partial charge in [0.15, 0.2) is 0 Å². The molecule has 0 aliphatic rings. The molecule has 5 nitrogen and oxygen atoms in total. The second kappa shape index (κ2) is 3.82. The SMILES string of the molecule is COc1cc(-c2nc(N)c(C)s2)ncn1. The quantitative estimate of drug-likeness (QED) is 0.833. The lowest BCUT2D eigenvalue weighted by atomic mass is 10.4. The summed E-state index contributed by atoms with van der Waals surface area (Å²) >= 11 is 1.50. The lowest BCUT2D eigenvalue weighted by Crippen LogP contribution is -1.91. The highest BCUT2D eigenvalue weighted by Crippen LogP contribution is 2.28. The molecule has 2 rings (SSSR count). The first-order valence-corrected chi connectivity index (χ1v) is 5.11. The van der Waals surface area contributed by atoms with Gasteiger partial charge < -0.3 is 10.5 Å². The van der Waals surface area contributed by atoms with Crippen LogP contribution in [0.5, 0.6) is 5.88 Å². The van der Waals surface area contributed by atoms with Crippen LogP contribution in [-0.2, 0) is 0 Å². The number of hydrogen-bond donors (Lipinski definition) is 1. The number of thiazole rings is 1. The van der Waals surface area contributed by atoms with Crippen molar-refractivity contribution in [2.45, 2.75) is 6.92 Å². The van der Waals surface area contributed by atoms with Crippen molar-refractivity contribution >= 4 is 17.2 Å². The van der Waals surface area contributed by atoms with E-state index in [1.165, 1.54) is 17.7 Å². The number of aromatic nitrogens is 3. The molecule has 0 aromatic carbocycles. The van der Waals surface area contributed by atoms with E-state index in [2.05, 4.69) is 15.0 Å². The molecular weight excluding hydrogens is 212 g/mol. The van der Waals surface area contributed by atoms with Crippen LogP contribution in [0.15, 0.2) is 12.4 Å². The number of nitrogen functional groups attached to an aromatic ring is 1. The van der Waals surface area contributed by atoms with Gasteiger partial charge in [-0.2, -0.15) is 0 Å². The van der Waals surface area contributed by atoms with Crippen LogP contribution in [0, 0.1) is 6.92 Å². The molecule has 0 aliphatic heterocycles. The van der Waals surface area contributed by atoms with Crippen molar-refractivity contribution in [1.82, 2.24) is 15.0 Å². The number of aryl methyl sites for hydroxylation is 1. The number of anilines is 1. The van der Waals surface area contributed by atoms with E-state index in [1.54, 1.807) is 13.2 Å². The van der Waals surface area contributed by atoms with Gasteiger partial charge >= 0.3 is 0 Å². The summed E-state index contributed by atoms with van der Waals surface area (Å²) in [6, 6.07) is 1.73. The molecule has 0 unspecified atom stereocenters. The zero-order chi connectivity index (χ0) is 10.8. The topological polar surface area (TPSA) is 73.9 Å². The molecule has 2 aromatic heterocycles. The Bertz CT molecular complexity index is 463. The van der Waals surface area contributed by atoms with Crippen LogP contribution in [0.4, 0.5) is 5.82 Å². The third-order valence-electron chi connectivity index (χ3n) is 1.90. The average Bonchev–Trinajstić information content (AvgIpc) is 2.59. The van der Waals surface area contributed by atoms with Crippen molar-refractivity contribution in [3.63, 3.8) is 0 Å². The number of methoxy groups -OCH3 is 1. The lowest BCUT2D eigenvalue weighted by molar-refractivity contribution is 0.397. The minimum atomic E-state index is 0.520. The highest BCUT2D eigenvalue weighted by atomic mass is 32.1. The van der Waals surface area contributed by atoms with E-state index >= 15 is 0 Å². The van der Waals surface area contributed by atoms with Crippen LogP contribution < -0.4 is 10.5 Å². The molecule has 6 heteroatoms. The van der Waals surface area contributed by atoms with E-state index in [-0.39, 0.29) is 0 Å². The monoisotopic (exact) mass is 222 g/mol. The second-order valence-corrected chi connectivity index (χ2v) is 4.11. The minimum absolute atomic E-state index is 0.520. The second-order valence-electron chi connectivity index (χ2n) is 2.91. The third kappa shape index (κ3) is 1.89. The van der Waals surface area contributed by atoms with Gasteiger partial charge in [-0.15, -0.1) is 11.3 Å². The summed E-state index contributed by atoms with van der Waals surface area (Å²) in [5.41, 5.74) is 6.40. The summed E-state index contributed by atoms with van der Waals surface area (Å²) in [5, 5.41) is 0.783. The molecule has 0 saturated heterocycles. The molecule has 2 N–H and O–H groups in total. The van der Waals surface area contributed by atoms with Crippen molar-refractivity contribution < 1.29 is 4.74 Å². The van der Waals surface area contributed by atoms with Crippen LogP contribution in [0.25, 0.3) is 10.7 Å². The number of rotatable bonds is 2. The molecule has 2 aromatic rings. The third-order valence-corrected chi connectivity index (χ3v) is 2.91. The van der Waals surface area contributed by atoms with E-state index in [4.69, 9.17) is 10.5 Å². The fraction of sp³-hybridized carbons (Fsp3) is 0.222. The summed E-state index contributed by atoms with van der Waals surface area (Å²) in [4.78, 5) is 13.2. The molecule has 0 atom stereocenters. The van der Waals surface area contributed by atoms with Crippen LogP contribution in [0.1, 0.15) is 4.88 Å². The van der Waals surface area contributed by atoms with Crippen molar-refractivity contribution in [2.75, 3.05) is 12.8 Å². The van der Waals surface area contributed by atoms with Crippen molar-refractivity contribution in [3.8, 4) is 16.6 Å². The minimum Gasteiger partial charge on any atom is -0.481 e. The Morgan fingerprint density at radius 1 is 1.40 bits per heavy atom. The van der Waals surface area contributed by atoms with Gasteiger partial charge in [-0.1, -0.05) is 0 Å². The van der Waals surface area contributed by atoms with E-state index in [0.29, 0.717) is 11.7 Å². The summed E-state index contributed by atoms with van der Waals surface area (Å²) in [5.74, 6) is 1.07. The van der Waals surface area contributed by atoms with E-state index in [9.17, 15) is 0 Å². The maximum absolute atomic E-state index is 5.67. The number of nitrogens with two attached hydrogens (primary N) is 1. The molecule has 0 radical (unpaired) electrons. The molecule has 2 heterocycles. The Labute approximate surface area is 91.0 Å².